The second-order valence-electron chi connectivity index (χ2n) is 6.10. The van der Waals surface area contributed by atoms with E-state index in [4.69, 9.17) is 4.55 Å². The highest BCUT2D eigenvalue weighted by molar-refractivity contribution is 7.85. The molecule has 0 atom stereocenters. The zero-order valence-electron chi connectivity index (χ0n) is 14.9. The molecule has 1 heterocycles. The van der Waals surface area contributed by atoms with Gasteiger partial charge in [-0.2, -0.15) is 8.42 Å². The van der Waals surface area contributed by atoms with Gasteiger partial charge in [-0.15, -0.1) is 0 Å². The first-order chi connectivity index (χ1) is 10.6. The lowest BCUT2D eigenvalue weighted by Crippen LogP contribution is -2.22. The molecule has 0 amide bonds. The number of rotatable bonds is 4. The minimum atomic E-state index is -4.14. The third-order valence-corrected chi connectivity index (χ3v) is 5.32. The average Bonchev–Trinajstić information content (AvgIpc) is 2.70. The maximum absolute atomic E-state index is 11.0. The standard InChI is InChI=1S/C11H13NO3S.C6H15N/c1-7-11(2,3)9-6-8(16(13,14)15)4-5-10(9)12-7;1-4-7(5-2)6-3/h4-6H,1-3H3,(H,13,14,15);4-6H2,1-3H3. The normalized spacial score (nSPS) is 15.7. The van der Waals surface area contributed by atoms with Crippen molar-refractivity contribution in [1.29, 1.82) is 0 Å². The number of hydrogen-bond acceptors (Lipinski definition) is 4. The molecule has 130 valence electrons. The Bertz CT molecular complexity index is 670. The summed E-state index contributed by atoms with van der Waals surface area (Å²) in [6.07, 6.45) is 0. The second kappa shape index (κ2) is 7.55. The number of hydrogen-bond donors (Lipinski definition) is 1. The van der Waals surface area contributed by atoms with Crippen molar-refractivity contribution in [1.82, 2.24) is 4.90 Å². The van der Waals surface area contributed by atoms with Gasteiger partial charge in [0.2, 0.25) is 0 Å². The van der Waals surface area contributed by atoms with Gasteiger partial charge in [0.25, 0.3) is 10.1 Å². The van der Waals surface area contributed by atoms with Crippen LogP contribution in [0.4, 0.5) is 5.69 Å². The van der Waals surface area contributed by atoms with Gasteiger partial charge in [0.1, 0.15) is 0 Å². The van der Waals surface area contributed by atoms with Crippen LogP contribution >= 0.6 is 0 Å². The van der Waals surface area contributed by atoms with Crippen LogP contribution < -0.4 is 0 Å². The zero-order valence-corrected chi connectivity index (χ0v) is 15.7. The summed E-state index contributed by atoms with van der Waals surface area (Å²) >= 11 is 0. The topological polar surface area (TPSA) is 70.0 Å². The smallest absolute Gasteiger partial charge is 0.294 e. The predicted octanol–water partition coefficient (Wildman–Crippen LogP) is 3.67. The van der Waals surface area contributed by atoms with Gasteiger partial charge < -0.3 is 4.90 Å². The molecule has 1 aliphatic heterocycles. The van der Waals surface area contributed by atoms with Crippen molar-refractivity contribution in [3.63, 3.8) is 0 Å². The van der Waals surface area contributed by atoms with Crippen LogP contribution in [0.1, 0.15) is 47.1 Å². The van der Waals surface area contributed by atoms with Gasteiger partial charge in [0.05, 0.1) is 10.6 Å². The maximum Gasteiger partial charge on any atom is 0.294 e. The third-order valence-electron chi connectivity index (χ3n) is 4.47. The molecule has 5 nitrogen and oxygen atoms in total. The van der Waals surface area contributed by atoms with E-state index >= 15 is 0 Å². The lowest BCUT2D eigenvalue weighted by molar-refractivity contribution is 0.321. The Balaban J connectivity index is 0.000000322. The van der Waals surface area contributed by atoms with Gasteiger partial charge >= 0.3 is 0 Å². The summed E-state index contributed by atoms with van der Waals surface area (Å²) in [5.41, 5.74) is 2.26. The molecule has 1 N–H and O–H groups in total. The van der Waals surface area contributed by atoms with E-state index in [1.54, 1.807) is 6.07 Å². The Kier molecular flexibility index (Phi) is 6.50. The number of nitrogens with zero attached hydrogens (tertiary/aromatic N) is 2. The summed E-state index contributed by atoms with van der Waals surface area (Å²) in [7, 11) is -4.14. The molecule has 0 bridgehead atoms. The third kappa shape index (κ3) is 4.62. The number of fused-ring (bicyclic) bond motifs is 1. The molecule has 1 aromatic rings. The number of benzene rings is 1. The molecule has 1 aliphatic rings. The largest absolute Gasteiger partial charge is 0.304 e. The molecule has 23 heavy (non-hydrogen) atoms. The summed E-state index contributed by atoms with van der Waals surface area (Å²) in [5.74, 6) is 0. The van der Waals surface area contributed by atoms with E-state index in [0.29, 0.717) is 0 Å². The van der Waals surface area contributed by atoms with Crippen molar-refractivity contribution in [2.75, 3.05) is 19.6 Å². The molecular weight excluding hydrogens is 312 g/mol. The minimum absolute atomic E-state index is 0.0794. The van der Waals surface area contributed by atoms with E-state index in [1.165, 1.54) is 31.8 Å². The highest BCUT2D eigenvalue weighted by atomic mass is 32.2. The quantitative estimate of drug-likeness (QED) is 0.849. The number of aliphatic imine (C=N–C) groups is 1. The summed E-state index contributed by atoms with van der Waals surface area (Å²) in [6, 6.07) is 4.48. The van der Waals surface area contributed by atoms with Gasteiger partial charge in [-0.05, 0) is 50.3 Å². The minimum Gasteiger partial charge on any atom is -0.304 e. The summed E-state index contributed by atoms with van der Waals surface area (Å²) in [5, 5.41) is 0. The average molecular weight is 340 g/mol. The highest BCUT2D eigenvalue weighted by Crippen LogP contribution is 2.40. The van der Waals surface area contributed by atoms with Crippen LogP contribution in [0, 0.1) is 0 Å². The van der Waals surface area contributed by atoms with E-state index in [2.05, 4.69) is 30.7 Å². The van der Waals surface area contributed by atoms with Crippen LogP contribution in [-0.4, -0.2) is 43.2 Å². The van der Waals surface area contributed by atoms with Crippen LogP contribution in [0.2, 0.25) is 0 Å². The van der Waals surface area contributed by atoms with Gasteiger partial charge in [-0.1, -0.05) is 34.6 Å². The van der Waals surface area contributed by atoms with Crippen molar-refractivity contribution in [3.8, 4) is 0 Å². The molecule has 6 heteroatoms. The fourth-order valence-electron chi connectivity index (χ4n) is 2.46. The summed E-state index contributed by atoms with van der Waals surface area (Å²) in [6.45, 7) is 16.0. The molecule has 0 saturated heterocycles. The summed E-state index contributed by atoms with van der Waals surface area (Å²) in [4.78, 5) is 6.66. The van der Waals surface area contributed by atoms with Crippen LogP contribution in [0.5, 0.6) is 0 Å². The van der Waals surface area contributed by atoms with Gasteiger partial charge in [-0.3, -0.25) is 9.55 Å². The Morgan fingerprint density at radius 3 is 2.04 bits per heavy atom. The van der Waals surface area contributed by atoms with Crippen LogP contribution in [0.3, 0.4) is 0 Å². The Labute approximate surface area is 140 Å². The van der Waals surface area contributed by atoms with E-state index in [0.717, 1.165) is 17.0 Å². The predicted molar refractivity (Wildman–Crippen MR) is 95.5 cm³/mol. The molecule has 0 fully saturated rings. The van der Waals surface area contributed by atoms with E-state index < -0.39 is 10.1 Å². The van der Waals surface area contributed by atoms with Gasteiger partial charge in [0, 0.05) is 11.1 Å². The van der Waals surface area contributed by atoms with Crippen molar-refractivity contribution >= 4 is 21.5 Å². The highest BCUT2D eigenvalue weighted by Gasteiger charge is 2.33. The van der Waals surface area contributed by atoms with Crippen LogP contribution in [0.25, 0.3) is 0 Å². The van der Waals surface area contributed by atoms with Gasteiger partial charge in [-0.25, -0.2) is 0 Å². The maximum atomic E-state index is 11.0. The van der Waals surface area contributed by atoms with Gasteiger partial charge in [0.15, 0.2) is 0 Å². The van der Waals surface area contributed by atoms with Crippen LogP contribution in [-0.2, 0) is 15.5 Å². The van der Waals surface area contributed by atoms with E-state index in [1.807, 2.05) is 20.8 Å². The SMILES string of the molecule is CC1=Nc2ccc(S(=O)(=O)O)cc2C1(C)C.CCN(CC)CC. The van der Waals surface area contributed by atoms with Crippen molar-refractivity contribution in [3.05, 3.63) is 23.8 Å². The molecule has 0 saturated carbocycles. The van der Waals surface area contributed by atoms with E-state index in [-0.39, 0.29) is 10.3 Å². The van der Waals surface area contributed by atoms with E-state index in [9.17, 15) is 8.42 Å². The Morgan fingerprint density at radius 1 is 1.13 bits per heavy atom. The lowest BCUT2D eigenvalue weighted by atomic mass is 9.82. The monoisotopic (exact) mass is 340 g/mol. The lowest BCUT2D eigenvalue weighted by Gasteiger charge is -2.20. The van der Waals surface area contributed by atoms with Crippen LogP contribution in [0.15, 0.2) is 28.1 Å². The molecule has 2 rings (SSSR count). The summed E-state index contributed by atoms with van der Waals surface area (Å²) < 4.78 is 31.1. The first-order valence-corrected chi connectivity index (χ1v) is 9.42. The van der Waals surface area contributed by atoms with Crippen molar-refractivity contribution < 1.29 is 13.0 Å². The first kappa shape index (κ1) is 19.8. The second-order valence-corrected chi connectivity index (χ2v) is 7.52. The molecular formula is C17H28N2O3S. The Hall–Kier alpha value is -1.24. The molecule has 0 unspecified atom stereocenters. The molecule has 0 aliphatic carbocycles. The molecule has 0 radical (unpaired) electrons. The van der Waals surface area contributed by atoms with Crippen molar-refractivity contribution in [2.45, 2.75) is 51.9 Å². The first-order valence-electron chi connectivity index (χ1n) is 7.98. The Morgan fingerprint density at radius 2 is 1.65 bits per heavy atom. The molecule has 0 spiro atoms. The molecule has 1 aromatic carbocycles. The fraction of sp³-hybridized carbons (Fsp3) is 0.588. The zero-order chi connectivity index (χ0) is 17.8. The fourth-order valence-corrected chi connectivity index (χ4v) is 2.97. The molecule has 0 aromatic heterocycles. The van der Waals surface area contributed by atoms with Crippen molar-refractivity contribution in [2.24, 2.45) is 4.99 Å².